The lowest BCUT2D eigenvalue weighted by Crippen LogP contribution is -2.18. The number of halogens is 1. The number of hydrogen-bond donors (Lipinski definition) is 1. The van der Waals surface area contributed by atoms with Crippen molar-refractivity contribution in [3.63, 3.8) is 0 Å². The van der Waals surface area contributed by atoms with E-state index in [4.69, 9.17) is 11.6 Å². The number of benzene rings is 1. The van der Waals surface area contributed by atoms with Gasteiger partial charge in [-0.15, -0.1) is 10.2 Å². The second-order valence-corrected chi connectivity index (χ2v) is 6.14. The second-order valence-electron chi connectivity index (χ2n) is 4.72. The summed E-state index contributed by atoms with van der Waals surface area (Å²) < 4.78 is 3.36. The monoisotopic (exact) mass is 348 g/mol. The minimum absolute atomic E-state index is 0.153. The first-order chi connectivity index (χ1) is 11.1. The van der Waals surface area contributed by atoms with Gasteiger partial charge in [0.15, 0.2) is 5.16 Å². The summed E-state index contributed by atoms with van der Waals surface area (Å²) in [6, 6.07) is 7.11. The fourth-order valence-corrected chi connectivity index (χ4v) is 2.93. The molecule has 0 atom stereocenters. The quantitative estimate of drug-likeness (QED) is 0.766. The highest BCUT2D eigenvalue weighted by atomic mass is 35.5. The first kappa shape index (κ1) is 15.6. The molecule has 0 fully saturated rings. The van der Waals surface area contributed by atoms with Crippen molar-refractivity contribution in [1.29, 1.82) is 0 Å². The van der Waals surface area contributed by atoms with Gasteiger partial charge in [-0.2, -0.15) is 5.10 Å². The smallest absolute Gasteiger partial charge is 0.246 e. The number of anilines is 1. The molecule has 2 aromatic heterocycles. The van der Waals surface area contributed by atoms with E-state index in [2.05, 4.69) is 20.6 Å². The highest BCUT2D eigenvalue weighted by Gasteiger charge is 2.10. The number of carbonyl (C=O) groups excluding carboxylic acids is 1. The molecule has 0 aliphatic rings. The minimum Gasteiger partial charge on any atom is -0.324 e. The Morgan fingerprint density at radius 3 is 2.96 bits per heavy atom. The highest BCUT2D eigenvalue weighted by molar-refractivity contribution is 7.99. The van der Waals surface area contributed by atoms with Crippen LogP contribution in [0.3, 0.4) is 0 Å². The number of amides is 1. The molecule has 3 rings (SSSR count). The molecule has 0 radical (unpaired) electrons. The molecule has 7 nitrogen and oxygen atoms in total. The molecule has 9 heteroatoms. The van der Waals surface area contributed by atoms with Crippen LogP contribution >= 0.6 is 23.4 Å². The van der Waals surface area contributed by atoms with E-state index in [9.17, 15) is 4.79 Å². The zero-order valence-electron chi connectivity index (χ0n) is 12.2. The van der Waals surface area contributed by atoms with Crippen LogP contribution in [0.4, 0.5) is 5.69 Å². The zero-order valence-corrected chi connectivity index (χ0v) is 13.8. The number of aromatic nitrogens is 5. The van der Waals surface area contributed by atoms with Crippen molar-refractivity contribution in [1.82, 2.24) is 24.5 Å². The molecular weight excluding hydrogens is 336 g/mol. The SMILES string of the molecule is Cn1cnnc1Sc1ccc(NC(=O)Cn2cccn2)cc1Cl. The van der Waals surface area contributed by atoms with E-state index in [0.717, 1.165) is 10.1 Å². The van der Waals surface area contributed by atoms with Gasteiger partial charge in [-0.1, -0.05) is 11.6 Å². The summed E-state index contributed by atoms with van der Waals surface area (Å²) in [7, 11) is 1.86. The van der Waals surface area contributed by atoms with Gasteiger partial charge in [0.2, 0.25) is 5.91 Å². The summed E-state index contributed by atoms with van der Waals surface area (Å²) in [6.45, 7) is 0.153. The van der Waals surface area contributed by atoms with Gasteiger partial charge in [0.25, 0.3) is 0 Å². The van der Waals surface area contributed by atoms with Crippen LogP contribution < -0.4 is 5.32 Å². The lowest BCUT2D eigenvalue weighted by molar-refractivity contribution is -0.116. The predicted molar refractivity (Wildman–Crippen MR) is 87.4 cm³/mol. The summed E-state index contributed by atoms with van der Waals surface area (Å²) >= 11 is 7.69. The Labute approximate surface area is 141 Å². The standard InChI is InChI=1S/C14H13ClN6OS/c1-20-9-16-19-14(20)23-12-4-3-10(7-11(12)15)18-13(22)8-21-6-2-5-17-21/h2-7,9H,8H2,1H3,(H,18,22). The maximum absolute atomic E-state index is 11.9. The molecule has 1 amide bonds. The lowest BCUT2D eigenvalue weighted by atomic mass is 10.3. The Bertz CT molecular complexity index is 817. The molecule has 0 unspecified atom stereocenters. The van der Waals surface area contributed by atoms with Crippen molar-refractivity contribution in [2.24, 2.45) is 7.05 Å². The molecule has 0 spiro atoms. The molecule has 2 heterocycles. The average molecular weight is 349 g/mol. The van der Waals surface area contributed by atoms with E-state index < -0.39 is 0 Å². The third kappa shape index (κ3) is 3.91. The van der Waals surface area contributed by atoms with E-state index in [1.165, 1.54) is 11.8 Å². The third-order valence-electron chi connectivity index (χ3n) is 2.95. The van der Waals surface area contributed by atoms with E-state index in [-0.39, 0.29) is 12.5 Å². The van der Waals surface area contributed by atoms with Gasteiger partial charge < -0.3 is 9.88 Å². The van der Waals surface area contributed by atoms with Crippen LogP contribution in [0.15, 0.2) is 53.0 Å². The van der Waals surface area contributed by atoms with Crippen molar-refractivity contribution in [2.75, 3.05) is 5.32 Å². The van der Waals surface area contributed by atoms with Gasteiger partial charge in [0.1, 0.15) is 12.9 Å². The molecule has 0 saturated heterocycles. The van der Waals surface area contributed by atoms with Crippen molar-refractivity contribution in [3.05, 3.63) is 48.0 Å². The van der Waals surface area contributed by atoms with Gasteiger partial charge >= 0.3 is 0 Å². The first-order valence-corrected chi connectivity index (χ1v) is 7.90. The fraction of sp³-hybridized carbons (Fsp3) is 0.143. The molecule has 118 valence electrons. The molecule has 0 bridgehead atoms. The Morgan fingerprint density at radius 2 is 2.30 bits per heavy atom. The van der Waals surface area contributed by atoms with Crippen molar-refractivity contribution in [3.8, 4) is 0 Å². The first-order valence-electron chi connectivity index (χ1n) is 6.70. The van der Waals surface area contributed by atoms with Crippen LogP contribution in [0, 0.1) is 0 Å². The van der Waals surface area contributed by atoms with Gasteiger partial charge in [-0.25, -0.2) is 0 Å². The van der Waals surface area contributed by atoms with Gasteiger partial charge in [0.05, 0.1) is 5.02 Å². The largest absolute Gasteiger partial charge is 0.324 e. The van der Waals surface area contributed by atoms with Crippen LogP contribution in [0.1, 0.15) is 0 Å². The summed E-state index contributed by atoms with van der Waals surface area (Å²) in [5.41, 5.74) is 0.634. The van der Waals surface area contributed by atoms with E-state index >= 15 is 0 Å². The van der Waals surface area contributed by atoms with E-state index in [1.54, 1.807) is 46.2 Å². The number of nitrogens with zero attached hydrogens (tertiary/aromatic N) is 5. The lowest BCUT2D eigenvalue weighted by Gasteiger charge is -2.08. The van der Waals surface area contributed by atoms with Gasteiger partial charge in [-0.05, 0) is 36.0 Å². The highest BCUT2D eigenvalue weighted by Crippen LogP contribution is 2.33. The second kappa shape index (κ2) is 6.84. The molecule has 0 saturated carbocycles. The van der Waals surface area contributed by atoms with Crippen LogP contribution in [0.5, 0.6) is 0 Å². The fourth-order valence-electron chi connectivity index (χ4n) is 1.87. The molecule has 1 aromatic carbocycles. The van der Waals surface area contributed by atoms with Crippen LogP contribution in [0.2, 0.25) is 5.02 Å². The van der Waals surface area contributed by atoms with Crippen LogP contribution in [0.25, 0.3) is 0 Å². The number of carbonyl (C=O) groups is 1. The molecule has 3 aromatic rings. The van der Waals surface area contributed by atoms with Crippen molar-refractivity contribution >= 4 is 35.0 Å². The molecule has 0 aliphatic heterocycles. The Balaban J connectivity index is 1.67. The Morgan fingerprint density at radius 1 is 1.43 bits per heavy atom. The zero-order chi connectivity index (χ0) is 16.2. The average Bonchev–Trinajstić information content (AvgIpc) is 3.14. The van der Waals surface area contributed by atoms with Gasteiger partial charge in [0, 0.05) is 30.0 Å². The normalized spacial score (nSPS) is 10.7. The topological polar surface area (TPSA) is 77.6 Å². The maximum Gasteiger partial charge on any atom is 0.246 e. The predicted octanol–water partition coefficient (Wildman–Crippen LogP) is 2.45. The summed E-state index contributed by atoms with van der Waals surface area (Å²) in [6.07, 6.45) is 4.98. The molecule has 0 aliphatic carbocycles. The third-order valence-corrected chi connectivity index (χ3v) is 4.50. The van der Waals surface area contributed by atoms with E-state index in [0.29, 0.717) is 10.7 Å². The maximum atomic E-state index is 11.9. The molecule has 1 N–H and O–H groups in total. The number of aryl methyl sites for hydroxylation is 1. The van der Waals surface area contributed by atoms with Crippen molar-refractivity contribution in [2.45, 2.75) is 16.6 Å². The Hall–Kier alpha value is -2.32. The van der Waals surface area contributed by atoms with Crippen LogP contribution in [-0.4, -0.2) is 30.5 Å². The number of rotatable bonds is 5. The number of nitrogens with one attached hydrogen (secondary N) is 1. The Kier molecular flexibility index (Phi) is 4.63. The molecular formula is C14H13ClN6OS. The summed E-state index contributed by atoms with van der Waals surface area (Å²) in [5, 5.41) is 15.9. The van der Waals surface area contributed by atoms with Crippen LogP contribution in [-0.2, 0) is 18.4 Å². The van der Waals surface area contributed by atoms with E-state index in [1.807, 2.05) is 13.1 Å². The van der Waals surface area contributed by atoms with Crippen molar-refractivity contribution < 1.29 is 4.79 Å². The minimum atomic E-state index is -0.168. The summed E-state index contributed by atoms with van der Waals surface area (Å²) in [4.78, 5) is 12.8. The summed E-state index contributed by atoms with van der Waals surface area (Å²) in [5.74, 6) is -0.168. The van der Waals surface area contributed by atoms with Gasteiger partial charge in [-0.3, -0.25) is 9.48 Å². The molecule has 23 heavy (non-hydrogen) atoms. The number of hydrogen-bond acceptors (Lipinski definition) is 5.